The van der Waals surface area contributed by atoms with Gasteiger partial charge in [0.2, 0.25) is 5.91 Å². The number of hydrogen-bond acceptors (Lipinski definition) is 7. The zero-order chi connectivity index (χ0) is 24.1. The van der Waals surface area contributed by atoms with Gasteiger partial charge in [-0.3, -0.25) is 24.6 Å². The second-order valence-corrected chi connectivity index (χ2v) is 7.91. The van der Waals surface area contributed by atoms with E-state index < -0.39 is 11.0 Å². The molecule has 1 heterocycles. The van der Waals surface area contributed by atoms with Crippen LogP contribution in [-0.2, 0) is 16.0 Å². The molecule has 0 saturated heterocycles. The molecule has 0 aliphatic carbocycles. The van der Waals surface area contributed by atoms with Crippen molar-refractivity contribution >= 4 is 23.2 Å². The van der Waals surface area contributed by atoms with Crippen molar-refractivity contribution in [2.75, 3.05) is 32.2 Å². The van der Waals surface area contributed by atoms with E-state index in [9.17, 15) is 19.7 Å². The molecule has 1 aliphatic rings. The van der Waals surface area contributed by atoms with Crippen LogP contribution in [0.5, 0.6) is 17.2 Å². The Kier molecular flexibility index (Phi) is 7.37. The van der Waals surface area contributed by atoms with Crippen LogP contribution in [0, 0.1) is 16.0 Å². The highest BCUT2D eigenvalue weighted by atomic mass is 16.6. The summed E-state index contributed by atoms with van der Waals surface area (Å²) in [5.74, 6) is 0.542. The topological polar surface area (TPSA) is 120 Å². The fourth-order valence-corrected chi connectivity index (χ4v) is 3.56. The SMILES string of the molecule is COc1ccc(CCNC(=O)CN2C(=O)C(C(C)C)Oc3cc([N+](=O)[O-])ccc32)cc1OC. The van der Waals surface area contributed by atoms with Gasteiger partial charge in [0.15, 0.2) is 23.4 Å². The molecule has 33 heavy (non-hydrogen) atoms. The molecular weight excluding hydrogens is 430 g/mol. The second-order valence-electron chi connectivity index (χ2n) is 7.91. The first-order valence-electron chi connectivity index (χ1n) is 10.5. The number of nitrogens with zero attached hydrogens (tertiary/aromatic N) is 2. The van der Waals surface area contributed by atoms with Crippen molar-refractivity contribution in [1.29, 1.82) is 0 Å². The lowest BCUT2D eigenvalue weighted by molar-refractivity contribution is -0.384. The van der Waals surface area contributed by atoms with Gasteiger partial charge < -0.3 is 19.5 Å². The van der Waals surface area contributed by atoms with Gasteiger partial charge in [0, 0.05) is 12.6 Å². The molecule has 0 bridgehead atoms. The van der Waals surface area contributed by atoms with E-state index in [1.54, 1.807) is 20.3 Å². The number of methoxy groups -OCH3 is 2. The number of amides is 2. The zero-order valence-corrected chi connectivity index (χ0v) is 19.0. The number of anilines is 1. The van der Waals surface area contributed by atoms with E-state index in [1.807, 2.05) is 26.0 Å². The lowest BCUT2D eigenvalue weighted by Gasteiger charge is -2.35. The van der Waals surface area contributed by atoms with Gasteiger partial charge in [0.05, 0.1) is 30.9 Å². The molecule has 0 aromatic heterocycles. The minimum atomic E-state index is -0.834. The van der Waals surface area contributed by atoms with Gasteiger partial charge in [-0.25, -0.2) is 0 Å². The highest BCUT2D eigenvalue weighted by Gasteiger charge is 2.38. The Balaban J connectivity index is 1.69. The average molecular weight is 457 g/mol. The lowest BCUT2D eigenvalue weighted by atomic mass is 10.0. The number of non-ortho nitro benzene ring substituents is 1. The molecule has 10 nitrogen and oxygen atoms in total. The number of fused-ring (bicyclic) bond motifs is 1. The minimum absolute atomic E-state index is 0.148. The maximum atomic E-state index is 13.0. The molecule has 1 aliphatic heterocycles. The summed E-state index contributed by atoms with van der Waals surface area (Å²) < 4.78 is 16.3. The van der Waals surface area contributed by atoms with E-state index in [1.165, 1.54) is 23.1 Å². The number of nitro groups is 1. The third-order valence-electron chi connectivity index (χ3n) is 5.30. The first-order valence-corrected chi connectivity index (χ1v) is 10.5. The van der Waals surface area contributed by atoms with Crippen LogP contribution in [0.3, 0.4) is 0 Å². The zero-order valence-electron chi connectivity index (χ0n) is 19.0. The number of ether oxygens (including phenoxy) is 3. The van der Waals surface area contributed by atoms with Crippen molar-refractivity contribution < 1.29 is 28.7 Å². The second kappa shape index (κ2) is 10.2. The molecule has 2 aromatic carbocycles. The molecule has 0 saturated carbocycles. The standard InChI is InChI=1S/C23H27N3O7/c1-14(2)22-23(28)25(17-7-6-16(26(29)30)12-19(17)33-22)13-21(27)24-10-9-15-5-8-18(31-3)20(11-15)32-4/h5-8,11-12,14,22H,9-10,13H2,1-4H3,(H,24,27). The van der Waals surface area contributed by atoms with E-state index in [0.29, 0.717) is 30.2 Å². The summed E-state index contributed by atoms with van der Waals surface area (Å²) in [5.41, 5.74) is 1.13. The molecule has 176 valence electrons. The van der Waals surface area contributed by atoms with Crippen molar-refractivity contribution in [3.05, 3.63) is 52.1 Å². The average Bonchev–Trinajstić information content (AvgIpc) is 2.79. The van der Waals surface area contributed by atoms with Gasteiger partial charge in [-0.2, -0.15) is 0 Å². The van der Waals surface area contributed by atoms with Gasteiger partial charge in [0.1, 0.15) is 6.54 Å². The van der Waals surface area contributed by atoms with E-state index in [2.05, 4.69) is 5.32 Å². The maximum Gasteiger partial charge on any atom is 0.273 e. The summed E-state index contributed by atoms with van der Waals surface area (Å²) >= 11 is 0. The summed E-state index contributed by atoms with van der Waals surface area (Å²) in [6.07, 6.45) is -0.278. The predicted molar refractivity (Wildman–Crippen MR) is 121 cm³/mol. The third kappa shape index (κ3) is 5.33. The molecule has 1 unspecified atom stereocenters. The first kappa shape index (κ1) is 23.8. The summed E-state index contributed by atoms with van der Waals surface area (Å²) in [7, 11) is 3.12. The lowest BCUT2D eigenvalue weighted by Crippen LogP contribution is -2.51. The van der Waals surface area contributed by atoms with Crippen LogP contribution in [0.25, 0.3) is 0 Å². The van der Waals surface area contributed by atoms with Gasteiger partial charge in [-0.05, 0) is 36.1 Å². The quantitative estimate of drug-likeness (QED) is 0.454. The van der Waals surface area contributed by atoms with Gasteiger partial charge in [-0.1, -0.05) is 19.9 Å². The molecule has 2 amide bonds. The molecule has 1 N–H and O–H groups in total. The Morgan fingerprint density at radius 3 is 2.55 bits per heavy atom. The van der Waals surface area contributed by atoms with Crippen LogP contribution in [0.1, 0.15) is 19.4 Å². The Labute approximate surface area is 191 Å². The number of nitro benzene ring substituents is 1. The molecule has 0 spiro atoms. The van der Waals surface area contributed by atoms with E-state index >= 15 is 0 Å². The number of hydrogen-bond donors (Lipinski definition) is 1. The summed E-state index contributed by atoms with van der Waals surface area (Å²) in [4.78, 5) is 37.5. The normalized spacial score (nSPS) is 15.0. The molecular formula is C23H27N3O7. The summed E-state index contributed by atoms with van der Waals surface area (Å²) in [6.45, 7) is 3.76. The molecule has 10 heteroatoms. The summed E-state index contributed by atoms with van der Waals surface area (Å²) in [6, 6.07) is 9.51. The molecule has 3 rings (SSSR count). The van der Waals surface area contributed by atoms with Crippen molar-refractivity contribution in [3.8, 4) is 17.2 Å². The van der Waals surface area contributed by atoms with Gasteiger partial charge >= 0.3 is 0 Å². The minimum Gasteiger partial charge on any atom is -0.493 e. The van der Waals surface area contributed by atoms with Crippen molar-refractivity contribution in [1.82, 2.24) is 5.32 Å². The van der Waals surface area contributed by atoms with E-state index in [0.717, 1.165) is 5.56 Å². The highest BCUT2D eigenvalue weighted by molar-refractivity contribution is 6.04. The Hall–Kier alpha value is -3.82. The largest absolute Gasteiger partial charge is 0.493 e. The first-order chi connectivity index (χ1) is 15.7. The van der Waals surface area contributed by atoms with Crippen LogP contribution < -0.4 is 24.4 Å². The van der Waals surface area contributed by atoms with Crippen LogP contribution in [-0.4, -0.2) is 50.2 Å². The van der Waals surface area contributed by atoms with Crippen LogP contribution in [0.2, 0.25) is 0 Å². The number of rotatable bonds is 9. The number of benzene rings is 2. The van der Waals surface area contributed by atoms with Gasteiger partial charge in [0.25, 0.3) is 11.6 Å². The van der Waals surface area contributed by atoms with Crippen molar-refractivity contribution in [2.24, 2.45) is 5.92 Å². The molecule has 2 aromatic rings. The Bertz CT molecular complexity index is 1050. The number of carbonyl (C=O) groups is 2. The van der Waals surface area contributed by atoms with Crippen LogP contribution in [0.4, 0.5) is 11.4 Å². The van der Waals surface area contributed by atoms with E-state index in [4.69, 9.17) is 14.2 Å². The fourth-order valence-electron chi connectivity index (χ4n) is 3.56. The highest BCUT2D eigenvalue weighted by Crippen LogP contribution is 2.38. The van der Waals surface area contributed by atoms with Crippen molar-refractivity contribution in [3.63, 3.8) is 0 Å². The summed E-state index contributed by atoms with van der Waals surface area (Å²) in [5, 5.41) is 13.9. The van der Waals surface area contributed by atoms with E-state index in [-0.39, 0.29) is 35.7 Å². The number of carbonyl (C=O) groups excluding carboxylic acids is 2. The molecule has 1 atom stereocenters. The van der Waals surface area contributed by atoms with Crippen molar-refractivity contribution in [2.45, 2.75) is 26.4 Å². The number of nitrogens with one attached hydrogen (secondary N) is 1. The Morgan fingerprint density at radius 2 is 1.91 bits per heavy atom. The molecule has 0 fully saturated rings. The monoisotopic (exact) mass is 457 g/mol. The fraction of sp³-hybridized carbons (Fsp3) is 0.391. The Morgan fingerprint density at radius 1 is 1.18 bits per heavy atom. The van der Waals surface area contributed by atoms with Crippen LogP contribution in [0.15, 0.2) is 36.4 Å². The predicted octanol–water partition coefficient (Wildman–Crippen LogP) is 2.72. The van der Waals surface area contributed by atoms with Crippen LogP contribution >= 0.6 is 0 Å². The molecule has 0 radical (unpaired) electrons. The van der Waals surface area contributed by atoms with Gasteiger partial charge in [-0.15, -0.1) is 0 Å². The third-order valence-corrected chi connectivity index (χ3v) is 5.30. The smallest absolute Gasteiger partial charge is 0.273 e. The maximum absolute atomic E-state index is 13.0.